The summed E-state index contributed by atoms with van der Waals surface area (Å²) in [6.07, 6.45) is 1.63. The molecule has 0 aliphatic heterocycles. The van der Waals surface area contributed by atoms with Gasteiger partial charge in [0.05, 0.1) is 6.21 Å². The van der Waals surface area contributed by atoms with Crippen LogP contribution in [-0.2, 0) is 0 Å². The Bertz CT molecular complexity index is 637. The van der Waals surface area contributed by atoms with Crippen LogP contribution in [0.15, 0.2) is 38.6 Å². The predicted octanol–water partition coefficient (Wildman–Crippen LogP) is 1.68. The molecule has 0 aliphatic carbocycles. The summed E-state index contributed by atoms with van der Waals surface area (Å²) in [5.41, 5.74) is 3.66. The largest absolute Gasteiger partial charge is 0.363 e. The van der Waals surface area contributed by atoms with Gasteiger partial charge in [-0.25, -0.2) is 9.89 Å². The molecule has 18 heavy (non-hydrogen) atoms. The third kappa shape index (κ3) is 3.01. The lowest BCUT2D eigenvalue weighted by Crippen LogP contribution is -2.15. The predicted molar refractivity (Wildman–Crippen MR) is 72.7 cm³/mol. The van der Waals surface area contributed by atoms with Gasteiger partial charge in [0.25, 0.3) is 0 Å². The van der Waals surface area contributed by atoms with Gasteiger partial charge in [0.1, 0.15) is 5.69 Å². The van der Waals surface area contributed by atoms with Crippen LogP contribution in [-0.4, -0.2) is 21.4 Å². The van der Waals surface area contributed by atoms with Crippen LogP contribution in [0.3, 0.4) is 0 Å². The average Bonchev–Trinajstić information content (AvgIpc) is 2.36. The molecule has 6 nitrogen and oxygen atoms in total. The number of H-pyrrole nitrogens is 1. The van der Waals surface area contributed by atoms with E-state index >= 15 is 0 Å². The summed E-state index contributed by atoms with van der Waals surface area (Å²) in [6, 6.07) is 7.65. The fraction of sp³-hybridized carbons (Fsp3) is 0.0909. The molecule has 0 saturated heterocycles. The van der Waals surface area contributed by atoms with Crippen molar-refractivity contribution in [1.29, 1.82) is 0 Å². The summed E-state index contributed by atoms with van der Waals surface area (Å²) in [5, 5.41) is 10.0. The Morgan fingerprint density at radius 3 is 3.00 bits per heavy atom. The Morgan fingerprint density at radius 2 is 2.22 bits per heavy atom. The van der Waals surface area contributed by atoms with E-state index in [4.69, 9.17) is 0 Å². The maximum Gasteiger partial charge on any atom is 0.363 e. The van der Waals surface area contributed by atoms with Crippen LogP contribution in [0.2, 0.25) is 0 Å². The van der Waals surface area contributed by atoms with Crippen molar-refractivity contribution in [1.82, 2.24) is 15.2 Å². The first kappa shape index (κ1) is 12.4. The van der Waals surface area contributed by atoms with Crippen molar-refractivity contribution in [3.63, 3.8) is 0 Å². The van der Waals surface area contributed by atoms with Gasteiger partial charge in [-0.3, -0.25) is 5.43 Å². The molecule has 2 rings (SSSR count). The highest BCUT2D eigenvalue weighted by atomic mass is 79.9. The third-order valence-corrected chi connectivity index (χ3v) is 2.88. The van der Waals surface area contributed by atoms with Crippen LogP contribution in [0.25, 0.3) is 0 Å². The van der Waals surface area contributed by atoms with E-state index in [1.54, 1.807) is 13.1 Å². The first-order valence-electron chi connectivity index (χ1n) is 5.14. The SMILES string of the molecule is Cc1n[nH]c(=O)nc1N/N=C/c1ccccc1Br. The fourth-order valence-electron chi connectivity index (χ4n) is 1.24. The Labute approximate surface area is 111 Å². The minimum atomic E-state index is -0.515. The summed E-state index contributed by atoms with van der Waals surface area (Å²) < 4.78 is 0.935. The number of benzene rings is 1. The lowest BCUT2D eigenvalue weighted by molar-refractivity contribution is 0.879. The van der Waals surface area contributed by atoms with Gasteiger partial charge < -0.3 is 0 Å². The second kappa shape index (κ2) is 5.54. The molecule has 0 amide bonds. The molecule has 7 heteroatoms. The van der Waals surface area contributed by atoms with Crippen LogP contribution in [0, 0.1) is 6.92 Å². The van der Waals surface area contributed by atoms with Crippen molar-refractivity contribution in [3.8, 4) is 0 Å². The molecular weight excluding hydrogens is 298 g/mol. The number of aromatic nitrogens is 3. The van der Waals surface area contributed by atoms with Crippen molar-refractivity contribution >= 4 is 28.0 Å². The van der Waals surface area contributed by atoms with E-state index in [1.807, 2.05) is 24.3 Å². The molecular formula is C11H10BrN5O. The fourth-order valence-corrected chi connectivity index (χ4v) is 1.63. The number of rotatable bonds is 3. The molecule has 1 heterocycles. The van der Waals surface area contributed by atoms with Gasteiger partial charge in [-0.1, -0.05) is 34.1 Å². The lowest BCUT2D eigenvalue weighted by atomic mass is 10.2. The second-order valence-electron chi connectivity index (χ2n) is 3.47. The zero-order valence-corrected chi connectivity index (χ0v) is 11.1. The number of hydrogen-bond donors (Lipinski definition) is 2. The van der Waals surface area contributed by atoms with E-state index in [9.17, 15) is 4.79 Å². The molecule has 0 saturated carbocycles. The highest BCUT2D eigenvalue weighted by Crippen LogP contribution is 2.13. The van der Waals surface area contributed by atoms with E-state index < -0.39 is 5.69 Å². The van der Waals surface area contributed by atoms with Gasteiger partial charge >= 0.3 is 5.69 Å². The number of hydrazone groups is 1. The van der Waals surface area contributed by atoms with Gasteiger partial charge in [0.15, 0.2) is 5.82 Å². The lowest BCUT2D eigenvalue weighted by Gasteiger charge is -2.01. The number of aromatic amines is 1. The monoisotopic (exact) mass is 307 g/mol. The van der Waals surface area contributed by atoms with E-state index in [0.717, 1.165) is 10.0 Å². The molecule has 0 fully saturated rings. The molecule has 2 N–H and O–H groups in total. The third-order valence-electron chi connectivity index (χ3n) is 2.15. The second-order valence-corrected chi connectivity index (χ2v) is 4.32. The number of halogens is 1. The van der Waals surface area contributed by atoms with Crippen LogP contribution in [0.5, 0.6) is 0 Å². The van der Waals surface area contributed by atoms with Gasteiger partial charge in [-0.05, 0) is 13.0 Å². The number of hydrogen-bond acceptors (Lipinski definition) is 5. The van der Waals surface area contributed by atoms with Crippen molar-refractivity contribution in [2.45, 2.75) is 6.92 Å². The van der Waals surface area contributed by atoms with Crippen molar-refractivity contribution in [2.24, 2.45) is 5.10 Å². The Kier molecular flexibility index (Phi) is 3.83. The minimum absolute atomic E-state index is 0.335. The van der Waals surface area contributed by atoms with Crippen LogP contribution in [0.1, 0.15) is 11.3 Å². The zero-order valence-electron chi connectivity index (χ0n) is 9.51. The number of aryl methyl sites for hydroxylation is 1. The summed E-state index contributed by atoms with van der Waals surface area (Å²) in [4.78, 5) is 14.7. The Balaban J connectivity index is 2.15. The van der Waals surface area contributed by atoms with E-state index in [0.29, 0.717) is 11.5 Å². The summed E-state index contributed by atoms with van der Waals surface area (Å²) >= 11 is 3.41. The molecule has 0 radical (unpaired) electrons. The quantitative estimate of drug-likeness (QED) is 0.667. The molecule has 1 aromatic carbocycles. The maximum absolute atomic E-state index is 11.0. The van der Waals surface area contributed by atoms with Crippen molar-refractivity contribution in [2.75, 3.05) is 5.43 Å². The smallest absolute Gasteiger partial charge is 0.260 e. The first-order valence-corrected chi connectivity index (χ1v) is 5.93. The molecule has 0 atom stereocenters. The summed E-state index contributed by atoms with van der Waals surface area (Å²) in [7, 11) is 0. The zero-order chi connectivity index (χ0) is 13.0. The number of anilines is 1. The van der Waals surface area contributed by atoms with Crippen LogP contribution >= 0.6 is 15.9 Å². The minimum Gasteiger partial charge on any atom is -0.260 e. The molecule has 0 aliphatic rings. The molecule has 0 bridgehead atoms. The molecule has 92 valence electrons. The molecule has 0 spiro atoms. The topological polar surface area (TPSA) is 83.0 Å². The van der Waals surface area contributed by atoms with Crippen LogP contribution < -0.4 is 11.1 Å². The van der Waals surface area contributed by atoms with E-state index in [1.165, 1.54) is 0 Å². The van der Waals surface area contributed by atoms with Gasteiger partial charge in [-0.15, -0.1) is 0 Å². The van der Waals surface area contributed by atoms with E-state index in [-0.39, 0.29) is 0 Å². The number of nitrogens with one attached hydrogen (secondary N) is 2. The highest BCUT2D eigenvalue weighted by Gasteiger charge is 2.00. The average molecular weight is 308 g/mol. The first-order chi connectivity index (χ1) is 8.66. The molecule has 2 aromatic rings. The molecule has 0 unspecified atom stereocenters. The Hall–Kier alpha value is -2.02. The number of nitrogens with zero attached hydrogens (tertiary/aromatic N) is 3. The Morgan fingerprint density at radius 1 is 1.44 bits per heavy atom. The normalized spacial score (nSPS) is 10.8. The van der Waals surface area contributed by atoms with E-state index in [2.05, 4.69) is 41.6 Å². The van der Waals surface area contributed by atoms with Crippen molar-refractivity contribution < 1.29 is 0 Å². The standard InChI is InChI=1S/C11H10BrN5O/c1-7-10(14-11(18)17-15-7)16-13-6-8-4-2-3-5-9(8)12/h2-6H,1H3,(H2,14,16,17,18)/b13-6+. The van der Waals surface area contributed by atoms with Crippen LogP contribution in [0.4, 0.5) is 5.82 Å². The van der Waals surface area contributed by atoms with Gasteiger partial charge in [0.2, 0.25) is 0 Å². The summed E-state index contributed by atoms with van der Waals surface area (Å²) in [6.45, 7) is 1.72. The van der Waals surface area contributed by atoms with Gasteiger partial charge in [0, 0.05) is 10.0 Å². The highest BCUT2D eigenvalue weighted by molar-refractivity contribution is 9.10. The summed E-state index contributed by atoms with van der Waals surface area (Å²) in [5.74, 6) is 0.335. The van der Waals surface area contributed by atoms with Crippen molar-refractivity contribution in [3.05, 3.63) is 50.5 Å². The maximum atomic E-state index is 11.0. The molecule has 1 aromatic heterocycles. The van der Waals surface area contributed by atoms with Gasteiger partial charge in [-0.2, -0.15) is 15.2 Å².